The summed E-state index contributed by atoms with van der Waals surface area (Å²) in [7, 11) is 1.25. The molecule has 0 bridgehead atoms. The number of benzene rings is 1. The van der Waals surface area contributed by atoms with Gasteiger partial charge in [-0.1, -0.05) is 30.3 Å². The van der Waals surface area contributed by atoms with E-state index in [1.807, 2.05) is 41.8 Å². The highest BCUT2D eigenvalue weighted by molar-refractivity contribution is 9.10. The van der Waals surface area contributed by atoms with Crippen molar-refractivity contribution < 1.29 is 19.1 Å². The number of methoxy groups -OCH3 is 1. The molecule has 1 amide bonds. The Bertz CT molecular complexity index is 712. The van der Waals surface area contributed by atoms with E-state index in [4.69, 9.17) is 4.74 Å². The highest BCUT2D eigenvalue weighted by atomic mass is 79.9. The Morgan fingerprint density at radius 1 is 1.26 bits per heavy atom. The van der Waals surface area contributed by atoms with Crippen LogP contribution in [-0.4, -0.2) is 24.9 Å². The van der Waals surface area contributed by atoms with E-state index in [1.54, 1.807) is 0 Å². The van der Waals surface area contributed by atoms with Crippen LogP contribution in [0.4, 0.5) is 4.79 Å². The molecular weight excluding hydrogens is 382 g/mol. The normalized spacial score (nSPS) is 11.1. The second-order valence-electron chi connectivity index (χ2n) is 4.50. The Hall–Kier alpha value is -1.99. The quantitative estimate of drug-likeness (QED) is 0.566. The number of rotatable bonds is 5. The molecule has 0 saturated heterocycles. The second kappa shape index (κ2) is 8.59. The van der Waals surface area contributed by atoms with E-state index in [-0.39, 0.29) is 18.7 Å². The fraction of sp³-hybridized carbons (Fsp3) is 0.188. The summed E-state index contributed by atoms with van der Waals surface area (Å²) in [5.74, 6) is -0.647. The molecule has 5 nitrogen and oxygen atoms in total. The summed E-state index contributed by atoms with van der Waals surface area (Å²) in [6.45, 7) is 0.0994. The van der Waals surface area contributed by atoms with Crippen molar-refractivity contribution in [2.45, 2.75) is 13.0 Å². The van der Waals surface area contributed by atoms with Gasteiger partial charge in [-0.2, -0.15) is 4.99 Å². The van der Waals surface area contributed by atoms with E-state index in [0.29, 0.717) is 0 Å². The summed E-state index contributed by atoms with van der Waals surface area (Å²) >= 11 is 4.80. The Morgan fingerprint density at radius 2 is 2.00 bits per heavy atom. The molecule has 23 heavy (non-hydrogen) atoms. The van der Waals surface area contributed by atoms with Gasteiger partial charge in [-0.3, -0.25) is 0 Å². The maximum absolute atomic E-state index is 11.8. The number of ether oxygens (including phenoxy) is 2. The second-order valence-corrected chi connectivity index (χ2v) is 6.41. The zero-order valence-electron chi connectivity index (χ0n) is 12.3. The Balaban J connectivity index is 2.03. The minimum Gasteiger partial charge on any atom is -0.465 e. The minimum absolute atomic E-state index is 0.0138. The lowest BCUT2D eigenvalue weighted by molar-refractivity contribution is -0.132. The van der Waals surface area contributed by atoms with Crippen LogP contribution in [0.1, 0.15) is 10.4 Å². The number of carbonyl (C=O) groups is 2. The number of hydrogen-bond donors (Lipinski definition) is 0. The van der Waals surface area contributed by atoms with Gasteiger partial charge in [0, 0.05) is 21.2 Å². The lowest BCUT2D eigenvalue weighted by Crippen LogP contribution is -2.20. The topological polar surface area (TPSA) is 65.0 Å². The zero-order chi connectivity index (χ0) is 16.7. The van der Waals surface area contributed by atoms with Gasteiger partial charge in [0.1, 0.15) is 12.3 Å². The van der Waals surface area contributed by atoms with Gasteiger partial charge in [-0.05, 0) is 27.6 Å². The summed E-state index contributed by atoms with van der Waals surface area (Å²) in [4.78, 5) is 28.2. The number of hydrogen-bond acceptors (Lipinski definition) is 5. The van der Waals surface area contributed by atoms with Crippen molar-refractivity contribution in [2.24, 2.45) is 4.99 Å². The standard InChI is InChI=1S/C16H14BrNO4S/c1-21-15(19)14(8-13-7-12(17)10-23-13)18-16(20)22-9-11-5-3-2-4-6-11/h2-7,10H,8-9H2,1H3. The van der Waals surface area contributed by atoms with Crippen molar-refractivity contribution in [3.05, 3.63) is 56.7 Å². The molecule has 0 aliphatic carbocycles. The number of amides is 1. The highest BCUT2D eigenvalue weighted by Crippen LogP contribution is 2.20. The zero-order valence-corrected chi connectivity index (χ0v) is 14.7. The first-order valence-electron chi connectivity index (χ1n) is 6.68. The molecule has 0 fully saturated rings. The van der Waals surface area contributed by atoms with E-state index in [2.05, 4.69) is 25.7 Å². The molecule has 0 aliphatic rings. The fourth-order valence-corrected chi connectivity index (χ4v) is 3.20. The van der Waals surface area contributed by atoms with Gasteiger partial charge in [0.2, 0.25) is 0 Å². The molecule has 0 saturated carbocycles. The van der Waals surface area contributed by atoms with E-state index >= 15 is 0 Å². The largest absolute Gasteiger partial charge is 0.465 e. The number of esters is 1. The van der Waals surface area contributed by atoms with Crippen molar-refractivity contribution in [1.82, 2.24) is 0 Å². The maximum atomic E-state index is 11.8. The van der Waals surface area contributed by atoms with Gasteiger partial charge < -0.3 is 9.47 Å². The van der Waals surface area contributed by atoms with E-state index < -0.39 is 12.1 Å². The molecule has 0 unspecified atom stereocenters. The molecule has 0 N–H and O–H groups in total. The van der Waals surface area contributed by atoms with Gasteiger partial charge in [0.25, 0.3) is 0 Å². The summed E-state index contributed by atoms with van der Waals surface area (Å²) in [6, 6.07) is 11.1. The van der Waals surface area contributed by atoms with Crippen molar-refractivity contribution in [3.8, 4) is 0 Å². The summed E-state index contributed by atoms with van der Waals surface area (Å²) in [5.41, 5.74) is 0.859. The van der Waals surface area contributed by atoms with Crippen LogP contribution in [0.25, 0.3) is 0 Å². The number of aliphatic imine (C=N–C) groups is 1. The third kappa shape index (κ3) is 5.61. The molecule has 1 aromatic heterocycles. The van der Waals surface area contributed by atoms with Gasteiger partial charge in [0.05, 0.1) is 7.11 Å². The summed E-state index contributed by atoms with van der Waals surface area (Å²) in [6.07, 6.45) is -0.603. The van der Waals surface area contributed by atoms with Crippen LogP contribution in [-0.2, 0) is 27.3 Å². The molecule has 0 spiro atoms. The first-order valence-corrected chi connectivity index (χ1v) is 8.35. The first-order chi connectivity index (χ1) is 11.1. The van der Waals surface area contributed by atoms with Crippen molar-refractivity contribution in [3.63, 3.8) is 0 Å². The van der Waals surface area contributed by atoms with Gasteiger partial charge in [-0.15, -0.1) is 11.3 Å². The third-order valence-electron chi connectivity index (χ3n) is 2.82. The highest BCUT2D eigenvalue weighted by Gasteiger charge is 2.16. The molecule has 1 aromatic carbocycles. The fourth-order valence-electron chi connectivity index (χ4n) is 1.75. The Morgan fingerprint density at radius 3 is 2.61 bits per heavy atom. The lowest BCUT2D eigenvalue weighted by atomic mass is 10.2. The van der Waals surface area contributed by atoms with E-state index in [9.17, 15) is 9.59 Å². The average Bonchev–Trinajstić information content (AvgIpc) is 2.97. The molecular formula is C16H14BrNO4S. The maximum Gasteiger partial charge on any atom is 0.434 e. The smallest absolute Gasteiger partial charge is 0.434 e. The number of thiophene rings is 1. The molecule has 7 heteroatoms. The summed E-state index contributed by atoms with van der Waals surface area (Å²) < 4.78 is 10.6. The molecule has 1 heterocycles. The molecule has 2 rings (SSSR count). The van der Waals surface area contributed by atoms with Crippen LogP contribution in [0.3, 0.4) is 0 Å². The van der Waals surface area contributed by atoms with Gasteiger partial charge in [-0.25, -0.2) is 9.59 Å². The van der Waals surface area contributed by atoms with Gasteiger partial charge >= 0.3 is 12.1 Å². The van der Waals surface area contributed by atoms with Crippen LogP contribution < -0.4 is 0 Å². The monoisotopic (exact) mass is 395 g/mol. The predicted molar refractivity (Wildman–Crippen MR) is 91.8 cm³/mol. The van der Waals surface area contributed by atoms with Crippen LogP contribution in [0.2, 0.25) is 0 Å². The van der Waals surface area contributed by atoms with Crippen molar-refractivity contribution in [1.29, 1.82) is 0 Å². The van der Waals surface area contributed by atoms with Crippen LogP contribution in [0.15, 0.2) is 51.2 Å². The van der Waals surface area contributed by atoms with Gasteiger partial charge in [0.15, 0.2) is 0 Å². The first kappa shape index (κ1) is 17.4. The van der Waals surface area contributed by atoms with E-state index in [1.165, 1.54) is 18.4 Å². The lowest BCUT2D eigenvalue weighted by Gasteiger charge is -2.04. The molecule has 0 radical (unpaired) electrons. The summed E-state index contributed by atoms with van der Waals surface area (Å²) in [5, 5.41) is 1.89. The average molecular weight is 396 g/mol. The minimum atomic E-state index is -0.815. The molecule has 0 aliphatic heterocycles. The van der Waals surface area contributed by atoms with Crippen LogP contribution >= 0.6 is 27.3 Å². The molecule has 0 atom stereocenters. The van der Waals surface area contributed by atoms with E-state index in [0.717, 1.165) is 14.9 Å². The number of halogens is 1. The number of nitrogens with zero attached hydrogens (tertiary/aromatic N) is 1. The Labute approximate surface area is 146 Å². The predicted octanol–water partition coefficient (Wildman–Crippen LogP) is 4.00. The van der Waals surface area contributed by atoms with Crippen molar-refractivity contribution >= 4 is 45.0 Å². The van der Waals surface area contributed by atoms with Crippen LogP contribution in [0, 0.1) is 0 Å². The molecule has 120 valence electrons. The van der Waals surface area contributed by atoms with Crippen molar-refractivity contribution in [2.75, 3.05) is 7.11 Å². The Kier molecular flexibility index (Phi) is 6.49. The number of carbonyl (C=O) groups excluding carboxylic acids is 2. The molecule has 2 aromatic rings. The van der Waals surface area contributed by atoms with Crippen LogP contribution in [0.5, 0.6) is 0 Å². The SMILES string of the molecule is COC(=O)C(Cc1cc(Br)cs1)=NC(=O)OCc1ccccc1. The third-order valence-corrected chi connectivity index (χ3v) is 4.51.